The van der Waals surface area contributed by atoms with E-state index < -0.39 is 18.0 Å². The third-order valence-corrected chi connectivity index (χ3v) is 2.27. The molecule has 112 valence electrons. The lowest BCUT2D eigenvalue weighted by Gasteiger charge is -2.16. The van der Waals surface area contributed by atoms with Crippen LogP contribution in [0.5, 0.6) is 0 Å². The molecule has 0 aromatic heterocycles. The highest BCUT2D eigenvalue weighted by Crippen LogP contribution is 2.04. The van der Waals surface area contributed by atoms with Gasteiger partial charge in [0.15, 0.2) is 0 Å². The summed E-state index contributed by atoms with van der Waals surface area (Å²) >= 11 is 0. The normalized spacial score (nSPS) is 12.2. The van der Waals surface area contributed by atoms with Gasteiger partial charge in [0, 0.05) is 13.7 Å². The van der Waals surface area contributed by atoms with Crippen LogP contribution >= 0.6 is 0 Å². The number of hydrogen-bond donors (Lipinski definition) is 3. The van der Waals surface area contributed by atoms with Crippen LogP contribution in [0.1, 0.15) is 20.3 Å². The zero-order chi connectivity index (χ0) is 14.7. The average molecular weight is 276 g/mol. The second-order valence-electron chi connectivity index (χ2n) is 4.53. The number of aliphatic carboxylic acids is 1. The highest BCUT2D eigenvalue weighted by Gasteiger charge is 2.20. The first kappa shape index (κ1) is 17.7. The largest absolute Gasteiger partial charge is 0.480 e. The molecule has 0 unspecified atom stereocenters. The number of hydrogen-bond acceptors (Lipinski definition) is 4. The van der Waals surface area contributed by atoms with Crippen LogP contribution in [-0.2, 0) is 14.3 Å². The number of carbonyl (C=O) groups excluding carboxylic acids is 1. The molecule has 0 aliphatic rings. The fraction of sp³-hybridized carbons (Fsp3) is 0.833. The number of rotatable bonds is 10. The maximum Gasteiger partial charge on any atom is 0.326 e. The van der Waals surface area contributed by atoms with Crippen molar-refractivity contribution in [2.24, 2.45) is 5.92 Å². The third-order valence-electron chi connectivity index (χ3n) is 2.27. The first-order valence-electron chi connectivity index (χ1n) is 6.31. The molecule has 7 heteroatoms. The molecule has 0 fully saturated rings. The van der Waals surface area contributed by atoms with E-state index in [2.05, 4.69) is 10.6 Å². The Morgan fingerprint density at radius 3 is 2.42 bits per heavy atom. The van der Waals surface area contributed by atoms with Crippen LogP contribution < -0.4 is 10.6 Å². The Bertz CT molecular complexity index is 271. The summed E-state index contributed by atoms with van der Waals surface area (Å²) in [6.07, 6.45) is 0.396. The van der Waals surface area contributed by atoms with Crippen LogP contribution in [0.2, 0.25) is 0 Å². The van der Waals surface area contributed by atoms with Gasteiger partial charge in [0.1, 0.15) is 6.04 Å². The lowest BCUT2D eigenvalue weighted by molar-refractivity contribution is -0.139. The van der Waals surface area contributed by atoms with E-state index in [0.29, 0.717) is 32.8 Å². The average Bonchev–Trinajstić information content (AvgIpc) is 2.32. The van der Waals surface area contributed by atoms with Crippen molar-refractivity contribution in [1.82, 2.24) is 10.6 Å². The molecular weight excluding hydrogens is 252 g/mol. The maximum atomic E-state index is 11.5. The Balaban J connectivity index is 3.78. The minimum Gasteiger partial charge on any atom is -0.480 e. The van der Waals surface area contributed by atoms with Crippen molar-refractivity contribution in [3.63, 3.8) is 0 Å². The molecule has 0 radical (unpaired) electrons. The number of carbonyl (C=O) groups is 2. The van der Waals surface area contributed by atoms with Gasteiger partial charge in [-0.05, 0) is 12.3 Å². The molecule has 19 heavy (non-hydrogen) atoms. The summed E-state index contributed by atoms with van der Waals surface area (Å²) in [6.45, 7) is 5.45. The molecule has 1 atom stereocenters. The van der Waals surface area contributed by atoms with Gasteiger partial charge in [-0.2, -0.15) is 0 Å². The van der Waals surface area contributed by atoms with E-state index in [-0.39, 0.29) is 5.92 Å². The quantitative estimate of drug-likeness (QED) is 0.503. The van der Waals surface area contributed by atoms with Crippen LogP contribution in [0, 0.1) is 5.92 Å². The lowest BCUT2D eigenvalue weighted by Crippen LogP contribution is -2.47. The number of urea groups is 1. The van der Waals surface area contributed by atoms with Crippen molar-refractivity contribution in [2.45, 2.75) is 26.3 Å². The van der Waals surface area contributed by atoms with E-state index in [1.54, 1.807) is 7.11 Å². The smallest absolute Gasteiger partial charge is 0.326 e. The Morgan fingerprint density at radius 2 is 1.89 bits per heavy atom. The zero-order valence-corrected chi connectivity index (χ0v) is 11.8. The summed E-state index contributed by atoms with van der Waals surface area (Å²) < 4.78 is 9.95. The molecule has 0 rings (SSSR count). The summed E-state index contributed by atoms with van der Waals surface area (Å²) in [5.74, 6) is -0.834. The minimum absolute atomic E-state index is 0.193. The van der Waals surface area contributed by atoms with E-state index in [1.807, 2.05) is 13.8 Å². The SMILES string of the molecule is COCCOCCNC(=O)N[C@H](CC(C)C)C(=O)O. The Morgan fingerprint density at radius 1 is 1.21 bits per heavy atom. The third kappa shape index (κ3) is 10.3. The van der Waals surface area contributed by atoms with Gasteiger partial charge >= 0.3 is 12.0 Å². The van der Waals surface area contributed by atoms with Crippen LogP contribution in [0.4, 0.5) is 4.79 Å². The monoisotopic (exact) mass is 276 g/mol. The Kier molecular flexibility index (Phi) is 9.82. The van der Waals surface area contributed by atoms with E-state index in [1.165, 1.54) is 0 Å². The molecular formula is C12H24N2O5. The van der Waals surface area contributed by atoms with Gasteiger partial charge in [-0.3, -0.25) is 0 Å². The summed E-state index contributed by atoms with van der Waals surface area (Å²) in [6, 6.07) is -1.36. The second-order valence-corrected chi connectivity index (χ2v) is 4.53. The molecule has 0 aromatic rings. The van der Waals surface area contributed by atoms with Crippen molar-refractivity contribution < 1.29 is 24.2 Å². The molecule has 0 saturated heterocycles. The van der Waals surface area contributed by atoms with Gasteiger partial charge in [-0.15, -0.1) is 0 Å². The van der Waals surface area contributed by atoms with E-state index in [9.17, 15) is 9.59 Å². The van der Waals surface area contributed by atoms with E-state index in [4.69, 9.17) is 14.6 Å². The summed E-state index contributed by atoms with van der Waals surface area (Å²) in [5, 5.41) is 13.9. The minimum atomic E-state index is -1.03. The fourth-order valence-electron chi connectivity index (χ4n) is 1.38. The molecule has 0 aliphatic heterocycles. The van der Waals surface area contributed by atoms with Crippen molar-refractivity contribution >= 4 is 12.0 Å². The molecule has 0 heterocycles. The number of carboxylic acids is 1. The predicted molar refractivity (Wildman–Crippen MR) is 70.1 cm³/mol. The Labute approximate surface area is 113 Å². The molecule has 0 saturated carbocycles. The first-order valence-corrected chi connectivity index (χ1v) is 6.31. The fourth-order valence-corrected chi connectivity index (χ4v) is 1.38. The number of methoxy groups -OCH3 is 1. The van der Waals surface area contributed by atoms with Crippen LogP contribution in [0.15, 0.2) is 0 Å². The van der Waals surface area contributed by atoms with Crippen molar-refractivity contribution in [2.75, 3.05) is 33.5 Å². The van der Waals surface area contributed by atoms with Gasteiger partial charge < -0.3 is 25.2 Å². The molecule has 0 spiro atoms. The molecule has 0 aliphatic carbocycles. The Hall–Kier alpha value is -1.34. The van der Waals surface area contributed by atoms with Crippen LogP contribution in [0.25, 0.3) is 0 Å². The van der Waals surface area contributed by atoms with Crippen molar-refractivity contribution in [3.8, 4) is 0 Å². The van der Waals surface area contributed by atoms with Gasteiger partial charge in [-0.1, -0.05) is 13.8 Å². The first-order chi connectivity index (χ1) is 8.97. The van der Waals surface area contributed by atoms with Gasteiger partial charge in [0.2, 0.25) is 0 Å². The van der Waals surface area contributed by atoms with Gasteiger partial charge in [0.05, 0.1) is 19.8 Å². The molecule has 3 N–H and O–H groups in total. The predicted octanol–water partition coefficient (Wildman–Crippen LogP) is 0.448. The van der Waals surface area contributed by atoms with E-state index in [0.717, 1.165) is 0 Å². The topological polar surface area (TPSA) is 96.9 Å². The summed E-state index contributed by atoms with van der Waals surface area (Å²) in [7, 11) is 1.58. The van der Waals surface area contributed by atoms with Crippen LogP contribution in [-0.4, -0.2) is 56.6 Å². The van der Waals surface area contributed by atoms with Crippen LogP contribution in [0.3, 0.4) is 0 Å². The number of carboxylic acid groups (broad SMARTS) is 1. The molecule has 2 amide bonds. The lowest BCUT2D eigenvalue weighted by atomic mass is 10.0. The zero-order valence-electron chi connectivity index (χ0n) is 11.8. The highest BCUT2D eigenvalue weighted by atomic mass is 16.5. The number of amides is 2. The molecule has 0 aromatic carbocycles. The second kappa shape index (κ2) is 10.6. The molecule has 7 nitrogen and oxygen atoms in total. The number of nitrogens with one attached hydrogen (secondary N) is 2. The van der Waals surface area contributed by atoms with Gasteiger partial charge in [-0.25, -0.2) is 9.59 Å². The summed E-state index contributed by atoms with van der Waals surface area (Å²) in [5.41, 5.74) is 0. The van der Waals surface area contributed by atoms with Crippen molar-refractivity contribution in [1.29, 1.82) is 0 Å². The number of ether oxygens (including phenoxy) is 2. The highest BCUT2D eigenvalue weighted by molar-refractivity contribution is 5.82. The van der Waals surface area contributed by atoms with Crippen molar-refractivity contribution in [3.05, 3.63) is 0 Å². The van der Waals surface area contributed by atoms with Gasteiger partial charge in [0.25, 0.3) is 0 Å². The summed E-state index contributed by atoms with van der Waals surface area (Å²) in [4.78, 5) is 22.4. The molecule has 0 bridgehead atoms. The van der Waals surface area contributed by atoms with E-state index >= 15 is 0 Å². The standard InChI is InChI=1S/C12H24N2O5/c1-9(2)8-10(11(15)16)14-12(17)13-4-5-19-7-6-18-3/h9-10H,4-8H2,1-3H3,(H,15,16)(H2,13,14,17)/t10-/m1/s1. The maximum absolute atomic E-state index is 11.5.